The number of nitrogens with zero attached hydrogens (tertiary/aromatic N) is 1. The quantitative estimate of drug-likeness (QED) is 0.166. The van der Waals surface area contributed by atoms with Crippen LogP contribution in [-0.4, -0.2) is 0 Å². The summed E-state index contributed by atoms with van der Waals surface area (Å²) in [7, 11) is 0. The van der Waals surface area contributed by atoms with E-state index >= 15 is 0 Å². The fourth-order valence-corrected chi connectivity index (χ4v) is 12.0. The molecule has 0 unspecified atom stereocenters. The monoisotopic (exact) mass is 825 g/mol. The van der Waals surface area contributed by atoms with Gasteiger partial charge in [0, 0.05) is 63.1 Å². The Kier molecular flexibility index (Phi) is 7.99. The van der Waals surface area contributed by atoms with Gasteiger partial charge < -0.3 is 9.32 Å². The SMILES string of the molecule is c1ccc(-c2ccc(N(c3cc4c(cc3-c3ccc(-c5cccc6c5sc5ccccc56)cc3)oc3c5ccccc5ccc43)c3cccc4c3sc3ccccc34)cc2)cc1. The minimum atomic E-state index is 0.869. The van der Waals surface area contributed by atoms with E-state index in [4.69, 9.17) is 4.42 Å². The highest BCUT2D eigenvalue weighted by molar-refractivity contribution is 7.26. The van der Waals surface area contributed by atoms with Crippen LogP contribution in [-0.2, 0) is 0 Å². The van der Waals surface area contributed by atoms with E-state index in [2.05, 4.69) is 217 Å². The first kappa shape index (κ1) is 35.3. The van der Waals surface area contributed by atoms with Gasteiger partial charge in [0.25, 0.3) is 0 Å². The maximum Gasteiger partial charge on any atom is 0.143 e. The van der Waals surface area contributed by atoms with Crippen molar-refractivity contribution in [2.24, 2.45) is 0 Å². The van der Waals surface area contributed by atoms with Gasteiger partial charge in [-0.1, -0.05) is 164 Å². The topological polar surface area (TPSA) is 16.4 Å². The summed E-state index contributed by atoms with van der Waals surface area (Å²) in [4.78, 5) is 2.48. The Bertz CT molecular complexity index is 3860. The molecule has 0 radical (unpaired) electrons. The minimum absolute atomic E-state index is 0.869. The first-order valence-corrected chi connectivity index (χ1v) is 22.6. The number of benzene rings is 10. The van der Waals surface area contributed by atoms with Crippen molar-refractivity contribution in [2.75, 3.05) is 4.90 Å². The van der Waals surface area contributed by atoms with Gasteiger partial charge in [-0.25, -0.2) is 0 Å². The summed E-state index contributed by atoms with van der Waals surface area (Å²) >= 11 is 3.73. The predicted octanol–water partition coefficient (Wildman–Crippen LogP) is 17.9. The third-order valence-corrected chi connectivity index (χ3v) is 14.9. The summed E-state index contributed by atoms with van der Waals surface area (Å²) in [6, 6.07) is 77.4. The van der Waals surface area contributed by atoms with E-state index in [9.17, 15) is 0 Å². The van der Waals surface area contributed by atoms with Crippen molar-refractivity contribution in [2.45, 2.75) is 0 Å². The maximum atomic E-state index is 6.90. The normalized spacial score (nSPS) is 11.9. The molecular formula is C58H35NOS2. The Labute approximate surface area is 365 Å². The third kappa shape index (κ3) is 5.54. The predicted molar refractivity (Wildman–Crippen MR) is 268 cm³/mol. The van der Waals surface area contributed by atoms with Gasteiger partial charge in [0.1, 0.15) is 11.2 Å². The molecule has 290 valence electrons. The van der Waals surface area contributed by atoms with Crippen molar-refractivity contribution < 1.29 is 4.42 Å². The summed E-state index contributed by atoms with van der Waals surface area (Å²) in [6.45, 7) is 0. The van der Waals surface area contributed by atoms with Crippen LogP contribution in [0, 0.1) is 0 Å². The van der Waals surface area contributed by atoms with Crippen LogP contribution in [0.1, 0.15) is 0 Å². The van der Waals surface area contributed by atoms with Crippen molar-refractivity contribution in [3.63, 3.8) is 0 Å². The first-order chi connectivity index (χ1) is 30.7. The molecule has 2 nitrogen and oxygen atoms in total. The maximum absolute atomic E-state index is 6.90. The van der Waals surface area contributed by atoms with Crippen LogP contribution in [0.4, 0.5) is 17.1 Å². The minimum Gasteiger partial charge on any atom is -0.455 e. The third-order valence-electron chi connectivity index (χ3n) is 12.5. The van der Waals surface area contributed by atoms with E-state index in [0.717, 1.165) is 55.5 Å². The Hall–Kier alpha value is -7.50. The molecule has 0 amide bonds. The molecule has 10 aromatic carbocycles. The number of rotatable bonds is 6. The average Bonchev–Trinajstić information content (AvgIpc) is 4.04. The molecule has 0 aliphatic rings. The number of anilines is 3. The molecule has 0 bridgehead atoms. The molecule has 13 rings (SSSR count). The molecule has 0 aliphatic heterocycles. The Morgan fingerprint density at radius 1 is 0.339 bits per heavy atom. The van der Waals surface area contributed by atoms with Gasteiger partial charge in [-0.3, -0.25) is 0 Å². The van der Waals surface area contributed by atoms with Crippen molar-refractivity contribution in [1.82, 2.24) is 0 Å². The van der Waals surface area contributed by atoms with Crippen molar-refractivity contribution >= 4 is 113 Å². The highest BCUT2D eigenvalue weighted by Gasteiger charge is 2.24. The van der Waals surface area contributed by atoms with E-state index in [0.29, 0.717) is 0 Å². The fraction of sp³-hybridized carbons (Fsp3) is 0. The summed E-state index contributed by atoms with van der Waals surface area (Å²) in [6.07, 6.45) is 0. The Balaban J connectivity index is 1.07. The summed E-state index contributed by atoms with van der Waals surface area (Å²) < 4.78 is 12.1. The lowest BCUT2D eigenvalue weighted by molar-refractivity contribution is 0.673. The van der Waals surface area contributed by atoms with E-state index in [1.807, 2.05) is 22.7 Å². The Morgan fingerprint density at radius 2 is 0.919 bits per heavy atom. The second kappa shape index (κ2) is 14.0. The molecule has 0 fully saturated rings. The number of furan rings is 1. The van der Waals surface area contributed by atoms with Crippen molar-refractivity contribution in [3.8, 4) is 33.4 Å². The van der Waals surface area contributed by atoms with Crippen LogP contribution in [0.25, 0.3) is 106 Å². The number of thiophene rings is 2. The number of hydrogen-bond acceptors (Lipinski definition) is 4. The van der Waals surface area contributed by atoms with Crippen LogP contribution in [0.3, 0.4) is 0 Å². The highest BCUT2D eigenvalue weighted by atomic mass is 32.1. The average molecular weight is 826 g/mol. The van der Waals surface area contributed by atoms with Crippen molar-refractivity contribution in [1.29, 1.82) is 0 Å². The number of hydrogen-bond donors (Lipinski definition) is 0. The second-order valence-electron chi connectivity index (χ2n) is 16.0. The van der Waals surface area contributed by atoms with Crippen molar-refractivity contribution in [3.05, 3.63) is 212 Å². The van der Waals surface area contributed by atoms with Crippen LogP contribution in [0.2, 0.25) is 0 Å². The lowest BCUT2D eigenvalue weighted by atomic mass is 9.96. The molecule has 0 N–H and O–H groups in total. The van der Waals surface area contributed by atoms with E-state index in [1.54, 1.807) is 0 Å². The van der Waals surface area contributed by atoms with Gasteiger partial charge in [-0.2, -0.15) is 0 Å². The molecule has 0 saturated carbocycles. The molecule has 0 aliphatic carbocycles. The van der Waals surface area contributed by atoms with Crippen LogP contribution in [0.5, 0.6) is 0 Å². The van der Waals surface area contributed by atoms with E-state index < -0.39 is 0 Å². The lowest BCUT2D eigenvalue weighted by Gasteiger charge is -2.29. The smallest absolute Gasteiger partial charge is 0.143 e. The summed E-state index contributed by atoms with van der Waals surface area (Å²) in [5, 5.41) is 9.64. The Morgan fingerprint density at radius 3 is 1.68 bits per heavy atom. The molecule has 3 heterocycles. The van der Waals surface area contributed by atoms with Gasteiger partial charge in [0.15, 0.2) is 0 Å². The van der Waals surface area contributed by atoms with Gasteiger partial charge >= 0.3 is 0 Å². The molecule has 0 spiro atoms. The van der Waals surface area contributed by atoms with Gasteiger partial charge in [-0.05, 0) is 81.7 Å². The second-order valence-corrected chi connectivity index (χ2v) is 18.1. The lowest BCUT2D eigenvalue weighted by Crippen LogP contribution is -2.11. The van der Waals surface area contributed by atoms with Crippen LogP contribution in [0.15, 0.2) is 217 Å². The molecule has 4 heteroatoms. The van der Waals surface area contributed by atoms with Crippen LogP contribution < -0.4 is 4.90 Å². The summed E-state index contributed by atoms with van der Waals surface area (Å²) in [5.74, 6) is 0. The zero-order valence-electron chi connectivity index (χ0n) is 33.4. The van der Waals surface area contributed by atoms with Gasteiger partial charge in [-0.15, -0.1) is 22.7 Å². The van der Waals surface area contributed by atoms with E-state index in [-0.39, 0.29) is 0 Å². The number of fused-ring (bicyclic) bond motifs is 11. The zero-order valence-corrected chi connectivity index (χ0v) is 35.0. The molecule has 13 aromatic rings. The van der Waals surface area contributed by atoms with Gasteiger partial charge in [0.2, 0.25) is 0 Å². The summed E-state index contributed by atoms with van der Waals surface area (Å²) in [5.41, 5.74) is 12.2. The molecular weight excluding hydrogens is 791 g/mol. The molecule has 0 atom stereocenters. The largest absolute Gasteiger partial charge is 0.455 e. The van der Waals surface area contributed by atoms with Gasteiger partial charge in [0.05, 0.1) is 16.1 Å². The fourth-order valence-electron chi connectivity index (χ4n) is 9.51. The zero-order chi connectivity index (χ0) is 40.7. The van der Waals surface area contributed by atoms with Crippen LogP contribution >= 0.6 is 22.7 Å². The molecule has 62 heavy (non-hydrogen) atoms. The first-order valence-electron chi connectivity index (χ1n) is 21.0. The molecule has 0 saturated heterocycles. The molecule has 3 aromatic heterocycles. The van der Waals surface area contributed by atoms with E-state index in [1.165, 1.54) is 68.0 Å². The highest BCUT2D eigenvalue weighted by Crippen LogP contribution is 2.50. The standard InChI is InChI=1S/C58H35NOS2/c1-2-12-36(13-3-1)37-28-31-41(32-29-37)59(51-21-11-20-48-45-17-7-9-23-55(45)62-58(48)51)52-34-50-46-33-30-38-14-4-5-15-42(38)56(46)60-53(50)35-49(52)40-26-24-39(25-27-40)43-18-10-19-47-44-16-6-8-22-54(44)61-57(43)47/h1-35H.